The first-order valence-corrected chi connectivity index (χ1v) is 11.4. The molecule has 5 rings (SSSR count). The van der Waals surface area contributed by atoms with Crippen LogP contribution in [-0.2, 0) is 5.60 Å². The van der Waals surface area contributed by atoms with Gasteiger partial charge in [0.2, 0.25) is 0 Å². The first kappa shape index (κ1) is 20.9. The molecule has 0 saturated heterocycles. The standard InChI is InChI=1S/C26H23BrO5/c1-29-19-11-7-17(8-12-19)26-13-3-4-21(26)20-14-24(23(30-2)15-22(20)32-26)31-25(28)16-5-9-18(27)10-6-16/h5-12,14-15,21H,3-4,13H2,1-2H3/t21-,26+/m1/s1. The lowest BCUT2D eigenvalue weighted by molar-refractivity contribution is 0.0729. The third kappa shape index (κ3) is 3.43. The molecule has 1 saturated carbocycles. The van der Waals surface area contributed by atoms with E-state index in [0.29, 0.717) is 17.1 Å². The van der Waals surface area contributed by atoms with Crippen LogP contribution in [-0.4, -0.2) is 20.2 Å². The van der Waals surface area contributed by atoms with E-state index in [9.17, 15) is 4.79 Å². The molecule has 5 nitrogen and oxygen atoms in total. The molecule has 2 aliphatic rings. The predicted octanol–water partition coefficient (Wildman–Crippen LogP) is 6.24. The van der Waals surface area contributed by atoms with E-state index in [4.69, 9.17) is 18.9 Å². The first-order chi connectivity index (χ1) is 15.5. The van der Waals surface area contributed by atoms with E-state index in [1.807, 2.05) is 36.4 Å². The van der Waals surface area contributed by atoms with Crippen molar-refractivity contribution in [3.8, 4) is 23.0 Å². The maximum atomic E-state index is 12.7. The first-order valence-electron chi connectivity index (χ1n) is 10.6. The van der Waals surface area contributed by atoms with Gasteiger partial charge in [-0.25, -0.2) is 4.79 Å². The highest BCUT2D eigenvalue weighted by Gasteiger charge is 2.53. The van der Waals surface area contributed by atoms with E-state index in [1.54, 1.807) is 26.4 Å². The highest BCUT2D eigenvalue weighted by molar-refractivity contribution is 9.10. The van der Waals surface area contributed by atoms with Gasteiger partial charge in [0.1, 0.15) is 17.1 Å². The molecule has 3 aromatic carbocycles. The number of rotatable bonds is 5. The van der Waals surface area contributed by atoms with Gasteiger partial charge in [0.05, 0.1) is 19.8 Å². The van der Waals surface area contributed by atoms with Crippen LogP contribution in [0.15, 0.2) is 65.1 Å². The lowest BCUT2D eigenvalue weighted by Crippen LogP contribution is -2.30. The zero-order chi connectivity index (χ0) is 22.3. The fraction of sp³-hybridized carbons (Fsp3) is 0.269. The second-order valence-electron chi connectivity index (χ2n) is 8.10. The van der Waals surface area contributed by atoms with Crippen LogP contribution in [0, 0.1) is 0 Å². The van der Waals surface area contributed by atoms with Gasteiger partial charge in [-0.3, -0.25) is 0 Å². The Morgan fingerprint density at radius 3 is 2.44 bits per heavy atom. The molecule has 0 aromatic heterocycles. The number of ether oxygens (including phenoxy) is 4. The van der Waals surface area contributed by atoms with Crippen LogP contribution < -0.4 is 18.9 Å². The Hall–Kier alpha value is -2.99. The molecule has 0 spiro atoms. The van der Waals surface area contributed by atoms with Gasteiger partial charge in [-0.15, -0.1) is 0 Å². The molecule has 0 bridgehead atoms. The molecule has 3 aromatic rings. The van der Waals surface area contributed by atoms with Gasteiger partial charge in [-0.05, 0) is 67.3 Å². The van der Waals surface area contributed by atoms with Crippen LogP contribution in [0.3, 0.4) is 0 Å². The zero-order valence-electron chi connectivity index (χ0n) is 17.9. The zero-order valence-corrected chi connectivity index (χ0v) is 19.5. The number of esters is 1. The molecule has 1 heterocycles. The molecule has 1 fully saturated rings. The number of hydrogen-bond acceptors (Lipinski definition) is 5. The topological polar surface area (TPSA) is 54.0 Å². The fourth-order valence-electron chi connectivity index (χ4n) is 4.88. The lowest BCUT2D eigenvalue weighted by Gasteiger charge is -2.29. The Bertz CT molecular complexity index is 1160. The highest BCUT2D eigenvalue weighted by atomic mass is 79.9. The lowest BCUT2D eigenvalue weighted by atomic mass is 9.82. The number of benzene rings is 3. The van der Waals surface area contributed by atoms with Crippen molar-refractivity contribution < 1.29 is 23.7 Å². The van der Waals surface area contributed by atoms with Crippen molar-refractivity contribution in [3.05, 3.63) is 81.8 Å². The maximum absolute atomic E-state index is 12.7. The van der Waals surface area contributed by atoms with Crippen molar-refractivity contribution in [1.29, 1.82) is 0 Å². The Kier molecular flexibility index (Phi) is 5.33. The fourth-order valence-corrected chi connectivity index (χ4v) is 5.14. The minimum absolute atomic E-state index is 0.182. The summed E-state index contributed by atoms with van der Waals surface area (Å²) < 4.78 is 24.1. The number of fused-ring (bicyclic) bond motifs is 3. The summed E-state index contributed by atoms with van der Waals surface area (Å²) in [7, 11) is 3.23. The third-order valence-electron chi connectivity index (χ3n) is 6.43. The van der Waals surface area contributed by atoms with E-state index >= 15 is 0 Å². The van der Waals surface area contributed by atoms with Crippen LogP contribution in [0.25, 0.3) is 0 Å². The van der Waals surface area contributed by atoms with E-state index in [1.165, 1.54) is 0 Å². The number of carbonyl (C=O) groups is 1. The van der Waals surface area contributed by atoms with E-state index in [-0.39, 0.29) is 5.92 Å². The Labute approximate surface area is 195 Å². The molecular weight excluding hydrogens is 472 g/mol. The quantitative estimate of drug-likeness (QED) is 0.310. The van der Waals surface area contributed by atoms with Crippen molar-refractivity contribution in [1.82, 2.24) is 0 Å². The van der Waals surface area contributed by atoms with Crippen LogP contribution >= 0.6 is 15.9 Å². The smallest absolute Gasteiger partial charge is 0.343 e. The Morgan fingerprint density at radius 1 is 1.00 bits per heavy atom. The second-order valence-corrected chi connectivity index (χ2v) is 9.02. The SMILES string of the molecule is COc1ccc([C@@]23CCC[C@@H]2c2cc(OC(=O)c4ccc(Br)cc4)c(OC)cc2O3)cc1. The largest absolute Gasteiger partial charge is 0.497 e. The molecule has 164 valence electrons. The molecule has 32 heavy (non-hydrogen) atoms. The minimum atomic E-state index is -0.428. The van der Waals surface area contributed by atoms with Gasteiger partial charge in [-0.1, -0.05) is 28.1 Å². The average Bonchev–Trinajstić information content (AvgIpc) is 3.36. The summed E-state index contributed by atoms with van der Waals surface area (Å²) in [5.41, 5.74) is 2.23. The van der Waals surface area contributed by atoms with Gasteiger partial charge < -0.3 is 18.9 Å². The summed E-state index contributed by atoms with van der Waals surface area (Å²) in [6.45, 7) is 0. The Morgan fingerprint density at radius 2 is 1.75 bits per heavy atom. The van der Waals surface area contributed by atoms with Gasteiger partial charge >= 0.3 is 5.97 Å². The summed E-state index contributed by atoms with van der Waals surface area (Å²) in [6, 6.07) is 18.9. The molecule has 0 unspecified atom stereocenters. The molecule has 1 aliphatic carbocycles. The van der Waals surface area contributed by atoms with Gasteiger partial charge in [0.25, 0.3) is 0 Å². The van der Waals surface area contributed by atoms with E-state index in [0.717, 1.165) is 46.4 Å². The summed E-state index contributed by atoms with van der Waals surface area (Å²) in [5, 5.41) is 0. The Balaban J connectivity index is 1.49. The van der Waals surface area contributed by atoms with Crippen LogP contribution in [0.4, 0.5) is 0 Å². The molecule has 6 heteroatoms. The van der Waals surface area contributed by atoms with E-state index in [2.05, 4.69) is 28.1 Å². The van der Waals surface area contributed by atoms with Crippen molar-refractivity contribution in [2.45, 2.75) is 30.8 Å². The van der Waals surface area contributed by atoms with E-state index < -0.39 is 11.6 Å². The second kappa shape index (κ2) is 8.17. The summed E-state index contributed by atoms with van der Waals surface area (Å²) in [5.74, 6) is 2.23. The van der Waals surface area contributed by atoms with Gasteiger partial charge in [-0.2, -0.15) is 0 Å². The van der Waals surface area contributed by atoms with Crippen molar-refractivity contribution in [2.75, 3.05) is 14.2 Å². The van der Waals surface area contributed by atoms with Crippen molar-refractivity contribution >= 4 is 21.9 Å². The predicted molar refractivity (Wildman–Crippen MR) is 124 cm³/mol. The maximum Gasteiger partial charge on any atom is 0.343 e. The monoisotopic (exact) mass is 494 g/mol. The van der Waals surface area contributed by atoms with Crippen LogP contribution in [0.5, 0.6) is 23.0 Å². The molecule has 0 radical (unpaired) electrons. The average molecular weight is 495 g/mol. The number of halogens is 1. The summed E-state index contributed by atoms with van der Waals surface area (Å²) in [4.78, 5) is 12.7. The van der Waals surface area contributed by atoms with Crippen LogP contribution in [0.1, 0.15) is 46.7 Å². The van der Waals surface area contributed by atoms with Crippen molar-refractivity contribution in [3.63, 3.8) is 0 Å². The number of carbonyl (C=O) groups excluding carboxylic acids is 1. The molecule has 0 amide bonds. The highest BCUT2D eigenvalue weighted by Crippen LogP contribution is 2.60. The minimum Gasteiger partial charge on any atom is -0.497 e. The summed E-state index contributed by atoms with van der Waals surface area (Å²) >= 11 is 3.38. The van der Waals surface area contributed by atoms with Gasteiger partial charge in [0, 0.05) is 22.0 Å². The number of hydrogen-bond donors (Lipinski definition) is 0. The van der Waals surface area contributed by atoms with Gasteiger partial charge in [0.15, 0.2) is 11.5 Å². The van der Waals surface area contributed by atoms with Crippen LogP contribution in [0.2, 0.25) is 0 Å². The number of methoxy groups -OCH3 is 2. The molecule has 0 N–H and O–H groups in total. The molecule has 2 atom stereocenters. The summed E-state index contributed by atoms with van der Waals surface area (Å²) in [6.07, 6.45) is 3.00. The van der Waals surface area contributed by atoms with Crippen molar-refractivity contribution in [2.24, 2.45) is 0 Å². The molecular formula is C26H23BrO5. The third-order valence-corrected chi connectivity index (χ3v) is 6.96. The molecule has 1 aliphatic heterocycles. The normalized spacial score (nSPS) is 20.8.